The number of aryl methyl sites for hydroxylation is 1. The van der Waals surface area contributed by atoms with Gasteiger partial charge in [0.25, 0.3) is 0 Å². The number of aromatic nitrogens is 4. The van der Waals surface area contributed by atoms with Crippen molar-refractivity contribution >= 4 is 39.2 Å². The maximum atomic E-state index is 11.1. The molecule has 1 aromatic carbocycles. The van der Waals surface area contributed by atoms with Crippen molar-refractivity contribution in [1.29, 1.82) is 0 Å². The van der Waals surface area contributed by atoms with Crippen LogP contribution < -0.4 is 0 Å². The molecule has 6 nitrogen and oxygen atoms in total. The molecule has 0 aliphatic carbocycles. The Morgan fingerprint density at radius 2 is 2.24 bits per heavy atom. The maximum Gasteiger partial charge on any atom is 0.307 e. The lowest BCUT2D eigenvalue weighted by Crippen LogP contribution is -1.99. The summed E-state index contributed by atoms with van der Waals surface area (Å²) in [6.07, 6.45) is 3.27. The Morgan fingerprint density at radius 3 is 2.90 bits per heavy atom. The highest BCUT2D eigenvalue weighted by atomic mass is 32.1. The molecule has 0 unspecified atom stereocenters. The molecule has 0 radical (unpaired) electrons. The van der Waals surface area contributed by atoms with Crippen LogP contribution >= 0.6 is 11.3 Å². The summed E-state index contributed by atoms with van der Waals surface area (Å²) < 4.78 is 2.63. The molecule has 3 aromatic rings. The fourth-order valence-corrected chi connectivity index (χ4v) is 2.95. The van der Waals surface area contributed by atoms with E-state index in [1.54, 1.807) is 24.0 Å². The number of carbonyl (C=O) groups is 1. The van der Waals surface area contributed by atoms with Crippen molar-refractivity contribution in [2.45, 2.75) is 6.42 Å². The van der Waals surface area contributed by atoms with Crippen molar-refractivity contribution in [1.82, 2.24) is 20.0 Å². The lowest BCUT2D eigenvalue weighted by Gasteiger charge is -2.01. The van der Waals surface area contributed by atoms with Gasteiger partial charge in [-0.25, -0.2) is 9.67 Å². The number of para-hydroxylation sites is 1. The molecular weight excluding hydrogens is 288 g/mol. The predicted molar refractivity (Wildman–Crippen MR) is 80.7 cm³/mol. The van der Waals surface area contributed by atoms with Crippen molar-refractivity contribution in [2.24, 2.45) is 7.05 Å². The van der Waals surface area contributed by atoms with Gasteiger partial charge in [0.15, 0.2) is 0 Å². The first-order valence-corrected chi connectivity index (χ1v) is 7.08. The van der Waals surface area contributed by atoms with Crippen LogP contribution in [-0.2, 0) is 11.8 Å². The zero-order valence-corrected chi connectivity index (χ0v) is 12.0. The molecule has 0 aliphatic rings. The summed E-state index contributed by atoms with van der Waals surface area (Å²) in [7, 11) is 1.76. The average Bonchev–Trinajstić information content (AvgIpc) is 3.04. The van der Waals surface area contributed by atoms with E-state index >= 15 is 0 Å². The molecule has 7 heteroatoms. The molecule has 1 N–H and O–H groups in total. The molecule has 0 saturated carbocycles. The van der Waals surface area contributed by atoms with Gasteiger partial charge in [0, 0.05) is 12.6 Å². The third-order valence-corrected chi connectivity index (χ3v) is 4.09. The maximum absolute atomic E-state index is 11.1. The third kappa shape index (κ3) is 2.82. The van der Waals surface area contributed by atoms with Gasteiger partial charge in [0.05, 0.1) is 28.5 Å². The van der Waals surface area contributed by atoms with E-state index in [0.29, 0.717) is 10.6 Å². The van der Waals surface area contributed by atoms with E-state index < -0.39 is 5.97 Å². The fraction of sp³-hybridized carbons (Fsp3) is 0.143. The van der Waals surface area contributed by atoms with E-state index in [4.69, 9.17) is 5.11 Å². The SMILES string of the molecule is Cn1nncc1/C=C(/CC(=O)O)c1nc2ccccc2s1. The molecule has 0 amide bonds. The first-order chi connectivity index (χ1) is 10.1. The number of aliphatic carboxylic acids is 1. The standard InChI is InChI=1S/C14H12N4O2S/c1-18-10(8-15-17-18)6-9(7-13(19)20)14-16-11-4-2-3-5-12(11)21-14/h2-6,8H,7H2,1H3,(H,19,20)/b9-6-. The Kier molecular flexibility index (Phi) is 3.49. The van der Waals surface area contributed by atoms with Crippen molar-refractivity contribution in [3.8, 4) is 0 Å². The second-order valence-electron chi connectivity index (χ2n) is 4.51. The number of hydrogen-bond acceptors (Lipinski definition) is 5. The van der Waals surface area contributed by atoms with Gasteiger partial charge >= 0.3 is 5.97 Å². The fourth-order valence-electron chi connectivity index (χ4n) is 1.97. The van der Waals surface area contributed by atoms with Crippen LogP contribution in [0.3, 0.4) is 0 Å². The highest BCUT2D eigenvalue weighted by Crippen LogP contribution is 2.29. The molecule has 0 bridgehead atoms. The highest BCUT2D eigenvalue weighted by Gasteiger charge is 2.13. The smallest absolute Gasteiger partial charge is 0.307 e. The van der Waals surface area contributed by atoms with E-state index in [1.165, 1.54) is 11.3 Å². The van der Waals surface area contributed by atoms with E-state index in [2.05, 4.69) is 15.3 Å². The third-order valence-electron chi connectivity index (χ3n) is 2.98. The number of hydrogen-bond donors (Lipinski definition) is 1. The minimum atomic E-state index is -0.893. The Morgan fingerprint density at radius 1 is 1.43 bits per heavy atom. The second kappa shape index (κ2) is 5.45. The monoisotopic (exact) mass is 300 g/mol. The van der Waals surface area contributed by atoms with Crippen molar-refractivity contribution in [3.05, 3.63) is 41.2 Å². The van der Waals surface area contributed by atoms with Crippen LogP contribution in [0.1, 0.15) is 17.1 Å². The summed E-state index contributed by atoms with van der Waals surface area (Å²) in [4.78, 5) is 15.6. The number of carboxylic acids is 1. The van der Waals surface area contributed by atoms with Gasteiger partial charge in [0.2, 0.25) is 0 Å². The first kappa shape index (κ1) is 13.4. The van der Waals surface area contributed by atoms with Crippen molar-refractivity contribution < 1.29 is 9.90 Å². The minimum Gasteiger partial charge on any atom is -0.481 e. The van der Waals surface area contributed by atoms with Gasteiger partial charge in [-0.1, -0.05) is 17.3 Å². The van der Waals surface area contributed by atoms with Crippen LogP contribution in [-0.4, -0.2) is 31.1 Å². The van der Waals surface area contributed by atoms with Gasteiger partial charge in [-0.3, -0.25) is 4.79 Å². The van der Waals surface area contributed by atoms with Gasteiger partial charge in [0.1, 0.15) is 5.01 Å². The van der Waals surface area contributed by atoms with E-state index in [0.717, 1.165) is 15.9 Å². The van der Waals surface area contributed by atoms with Gasteiger partial charge in [-0.05, 0) is 18.2 Å². The number of thiazole rings is 1. The van der Waals surface area contributed by atoms with E-state index in [1.807, 2.05) is 24.3 Å². The van der Waals surface area contributed by atoms with Crippen LogP contribution in [0.4, 0.5) is 0 Å². The molecule has 106 valence electrons. The Labute approximate surface area is 124 Å². The van der Waals surface area contributed by atoms with Crippen LogP contribution in [0.2, 0.25) is 0 Å². The molecule has 0 spiro atoms. The summed E-state index contributed by atoms with van der Waals surface area (Å²) in [5.74, 6) is -0.893. The minimum absolute atomic E-state index is 0.0923. The molecule has 0 atom stereocenters. The number of benzene rings is 1. The number of fused-ring (bicyclic) bond motifs is 1. The lowest BCUT2D eigenvalue weighted by atomic mass is 10.1. The molecule has 2 aromatic heterocycles. The summed E-state index contributed by atoms with van der Waals surface area (Å²) >= 11 is 1.48. The van der Waals surface area contributed by atoms with Gasteiger partial charge in [-0.15, -0.1) is 16.4 Å². The Balaban J connectivity index is 2.08. The number of rotatable bonds is 4. The molecule has 0 fully saturated rings. The zero-order valence-electron chi connectivity index (χ0n) is 11.2. The Bertz CT molecular complexity index is 801. The van der Waals surface area contributed by atoms with Gasteiger partial charge in [-0.2, -0.15) is 0 Å². The molecule has 0 saturated heterocycles. The van der Waals surface area contributed by atoms with Crippen molar-refractivity contribution in [3.63, 3.8) is 0 Å². The molecule has 0 aliphatic heterocycles. The highest BCUT2D eigenvalue weighted by molar-refractivity contribution is 7.19. The largest absolute Gasteiger partial charge is 0.481 e. The lowest BCUT2D eigenvalue weighted by molar-refractivity contribution is -0.135. The summed E-state index contributed by atoms with van der Waals surface area (Å²) in [5.41, 5.74) is 2.26. The molecule has 21 heavy (non-hydrogen) atoms. The molecule has 3 rings (SSSR count). The predicted octanol–water partition coefficient (Wildman–Crippen LogP) is 2.44. The average molecular weight is 300 g/mol. The number of nitrogens with zero attached hydrogens (tertiary/aromatic N) is 4. The zero-order chi connectivity index (χ0) is 14.8. The van der Waals surface area contributed by atoms with Crippen LogP contribution in [0.15, 0.2) is 30.5 Å². The molecule has 2 heterocycles. The summed E-state index contributed by atoms with van der Waals surface area (Å²) in [6.45, 7) is 0. The summed E-state index contributed by atoms with van der Waals surface area (Å²) in [5, 5.41) is 17.5. The van der Waals surface area contributed by atoms with E-state index in [-0.39, 0.29) is 6.42 Å². The quantitative estimate of drug-likeness (QED) is 0.800. The van der Waals surface area contributed by atoms with Crippen LogP contribution in [0, 0.1) is 0 Å². The van der Waals surface area contributed by atoms with Gasteiger partial charge < -0.3 is 5.11 Å². The normalized spacial score (nSPS) is 12.0. The number of carboxylic acid groups (broad SMARTS) is 1. The second-order valence-corrected chi connectivity index (χ2v) is 5.54. The first-order valence-electron chi connectivity index (χ1n) is 6.26. The Hall–Kier alpha value is -2.54. The van der Waals surface area contributed by atoms with Crippen molar-refractivity contribution in [2.75, 3.05) is 0 Å². The molecular formula is C14H12N4O2S. The van der Waals surface area contributed by atoms with E-state index in [9.17, 15) is 4.79 Å². The summed E-state index contributed by atoms with van der Waals surface area (Å²) in [6, 6.07) is 7.74. The van der Waals surface area contributed by atoms with Crippen LogP contribution in [0.5, 0.6) is 0 Å². The van der Waals surface area contributed by atoms with Crippen LogP contribution in [0.25, 0.3) is 21.9 Å². The topological polar surface area (TPSA) is 80.9 Å².